The summed E-state index contributed by atoms with van der Waals surface area (Å²) >= 11 is 0. The standard InChI is InChI=1S/C29H28F3N7O/c30-29(31,32)27-36-26(37-40-27)22-16-34-28(35-17-22)38-12-10-20(11-13-38)14-33-15-23-19-39(18-21-6-2-1-3-7-21)25-9-5-4-8-24(23)25/h1-9,16-17,19-20,33H,10-15,18H2. The molecule has 0 unspecified atom stereocenters. The molecule has 5 aromatic rings. The van der Waals surface area contributed by atoms with Crippen molar-refractivity contribution in [1.82, 2.24) is 30.0 Å². The summed E-state index contributed by atoms with van der Waals surface area (Å²) in [5.41, 5.74) is 4.08. The van der Waals surface area contributed by atoms with E-state index in [1.807, 2.05) is 6.07 Å². The van der Waals surface area contributed by atoms with Crippen LogP contribution in [0.15, 0.2) is 77.7 Å². The highest BCUT2D eigenvalue weighted by Crippen LogP contribution is 2.29. The van der Waals surface area contributed by atoms with Crippen LogP contribution in [0.5, 0.6) is 0 Å². The Balaban J connectivity index is 1.01. The van der Waals surface area contributed by atoms with Crippen LogP contribution in [0.1, 0.15) is 29.9 Å². The summed E-state index contributed by atoms with van der Waals surface area (Å²) in [5, 5.41) is 8.33. The normalized spacial score (nSPS) is 14.7. The maximum Gasteiger partial charge on any atom is 0.471 e. The van der Waals surface area contributed by atoms with E-state index < -0.39 is 12.1 Å². The Morgan fingerprint density at radius 2 is 1.68 bits per heavy atom. The fourth-order valence-corrected chi connectivity index (χ4v) is 5.18. The molecule has 1 N–H and O–H groups in total. The molecule has 206 valence electrons. The minimum absolute atomic E-state index is 0.188. The molecule has 1 aliphatic rings. The maximum atomic E-state index is 12.7. The number of hydrogen-bond acceptors (Lipinski definition) is 7. The summed E-state index contributed by atoms with van der Waals surface area (Å²) in [7, 11) is 0. The van der Waals surface area contributed by atoms with Gasteiger partial charge >= 0.3 is 12.1 Å². The van der Waals surface area contributed by atoms with Crippen molar-refractivity contribution in [3.05, 3.63) is 90.2 Å². The smallest absolute Gasteiger partial charge is 0.343 e. The second-order valence-corrected chi connectivity index (χ2v) is 10.0. The Labute approximate surface area is 228 Å². The number of piperidine rings is 1. The molecule has 0 bridgehead atoms. The Morgan fingerprint density at radius 1 is 0.950 bits per heavy atom. The van der Waals surface area contributed by atoms with Crippen LogP contribution in [0, 0.1) is 5.92 Å². The summed E-state index contributed by atoms with van der Waals surface area (Å²) < 4.78 is 44.8. The number of halogens is 3. The zero-order valence-electron chi connectivity index (χ0n) is 21.7. The fraction of sp³-hybridized carbons (Fsp3) is 0.310. The first kappa shape index (κ1) is 26.0. The van der Waals surface area contributed by atoms with E-state index in [1.165, 1.54) is 34.4 Å². The van der Waals surface area contributed by atoms with Gasteiger partial charge in [-0.25, -0.2) is 9.97 Å². The number of fused-ring (bicyclic) bond motifs is 1. The molecule has 40 heavy (non-hydrogen) atoms. The molecule has 1 fully saturated rings. The molecule has 4 heterocycles. The van der Waals surface area contributed by atoms with Gasteiger partial charge in [0.25, 0.3) is 0 Å². The van der Waals surface area contributed by atoms with E-state index >= 15 is 0 Å². The Bertz CT molecular complexity index is 1560. The molecule has 0 radical (unpaired) electrons. The molecule has 0 aliphatic carbocycles. The lowest BCUT2D eigenvalue weighted by molar-refractivity contribution is -0.159. The minimum atomic E-state index is -4.69. The Morgan fingerprint density at radius 3 is 2.40 bits per heavy atom. The van der Waals surface area contributed by atoms with Crippen molar-refractivity contribution in [2.45, 2.75) is 32.1 Å². The van der Waals surface area contributed by atoms with Gasteiger partial charge in [0, 0.05) is 55.7 Å². The molecule has 2 aromatic carbocycles. The molecule has 8 nitrogen and oxygen atoms in total. The van der Waals surface area contributed by atoms with Crippen LogP contribution < -0.4 is 10.2 Å². The lowest BCUT2D eigenvalue weighted by Crippen LogP contribution is -2.38. The summed E-state index contributed by atoms with van der Waals surface area (Å²) in [6, 6.07) is 19.0. The van der Waals surface area contributed by atoms with Crippen molar-refractivity contribution in [2.24, 2.45) is 5.92 Å². The van der Waals surface area contributed by atoms with Gasteiger partial charge in [-0.1, -0.05) is 53.7 Å². The summed E-state index contributed by atoms with van der Waals surface area (Å²) in [5.74, 6) is -0.499. The molecule has 0 saturated carbocycles. The minimum Gasteiger partial charge on any atom is -0.343 e. The summed E-state index contributed by atoms with van der Waals surface area (Å²) in [6.07, 6.45) is 2.41. The van der Waals surface area contributed by atoms with Crippen molar-refractivity contribution < 1.29 is 17.7 Å². The molecule has 6 rings (SSSR count). The van der Waals surface area contributed by atoms with E-state index in [0.29, 0.717) is 11.9 Å². The maximum absolute atomic E-state index is 12.7. The van der Waals surface area contributed by atoms with E-state index in [9.17, 15) is 13.2 Å². The van der Waals surface area contributed by atoms with Gasteiger partial charge in [0.1, 0.15) is 0 Å². The number of hydrogen-bond donors (Lipinski definition) is 1. The van der Waals surface area contributed by atoms with Gasteiger partial charge < -0.3 is 19.3 Å². The first-order chi connectivity index (χ1) is 19.4. The van der Waals surface area contributed by atoms with Crippen LogP contribution in [0.4, 0.5) is 19.1 Å². The first-order valence-corrected chi connectivity index (χ1v) is 13.2. The van der Waals surface area contributed by atoms with E-state index in [2.05, 4.69) is 94.1 Å². The second kappa shape index (κ2) is 11.1. The molecule has 1 saturated heterocycles. The molecule has 0 atom stereocenters. The van der Waals surface area contributed by atoms with E-state index in [4.69, 9.17) is 0 Å². The Hall–Kier alpha value is -4.25. The van der Waals surface area contributed by atoms with Crippen LogP contribution in [-0.2, 0) is 19.3 Å². The number of benzene rings is 2. The lowest BCUT2D eigenvalue weighted by atomic mass is 9.97. The van der Waals surface area contributed by atoms with Crippen LogP contribution in [0.2, 0.25) is 0 Å². The zero-order valence-corrected chi connectivity index (χ0v) is 21.7. The summed E-state index contributed by atoms with van der Waals surface area (Å²) in [6.45, 7) is 4.18. The third kappa shape index (κ3) is 5.69. The molecular formula is C29H28F3N7O. The van der Waals surface area contributed by atoms with E-state index in [-0.39, 0.29) is 11.4 Å². The van der Waals surface area contributed by atoms with E-state index in [0.717, 1.165) is 45.6 Å². The Kier molecular flexibility index (Phi) is 7.21. The van der Waals surface area contributed by atoms with Gasteiger partial charge in [0.2, 0.25) is 11.8 Å². The molecule has 0 spiro atoms. The third-order valence-electron chi connectivity index (χ3n) is 7.28. The number of nitrogens with one attached hydrogen (secondary N) is 1. The molecule has 0 amide bonds. The highest BCUT2D eigenvalue weighted by Gasteiger charge is 2.38. The van der Waals surface area contributed by atoms with Crippen molar-refractivity contribution in [2.75, 3.05) is 24.5 Å². The fourth-order valence-electron chi connectivity index (χ4n) is 5.18. The van der Waals surface area contributed by atoms with Gasteiger partial charge in [0.05, 0.1) is 5.56 Å². The quantitative estimate of drug-likeness (QED) is 0.273. The van der Waals surface area contributed by atoms with Crippen molar-refractivity contribution in [1.29, 1.82) is 0 Å². The summed E-state index contributed by atoms with van der Waals surface area (Å²) in [4.78, 5) is 14.1. The van der Waals surface area contributed by atoms with Gasteiger partial charge in [-0.05, 0) is 42.5 Å². The largest absolute Gasteiger partial charge is 0.471 e. The average molecular weight is 548 g/mol. The predicted octanol–water partition coefficient (Wildman–Crippen LogP) is 5.55. The predicted molar refractivity (Wildman–Crippen MR) is 144 cm³/mol. The number of alkyl halides is 3. The van der Waals surface area contributed by atoms with Crippen LogP contribution in [-0.4, -0.2) is 44.3 Å². The van der Waals surface area contributed by atoms with Crippen molar-refractivity contribution >= 4 is 16.9 Å². The van der Waals surface area contributed by atoms with Crippen molar-refractivity contribution in [3.8, 4) is 11.4 Å². The number of rotatable bonds is 8. The monoisotopic (exact) mass is 547 g/mol. The van der Waals surface area contributed by atoms with Gasteiger partial charge in [-0.3, -0.25) is 0 Å². The average Bonchev–Trinajstić information content (AvgIpc) is 3.61. The van der Waals surface area contributed by atoms with E-state index in [1.54, 1.807) is 0 Å². The number of para-hydroxylation sites is 1. The second-order valence-electron chi connectivity index (χ2n) is 10.0. The van der Waals surface area contributed by atoms with Gasteiger partial charge in [0.15, 0.2) is 0 Å². The molecule has 3 aromatic heterocycles. The van der Waals surface area contributed by atoms with Crippen LogP contribution in [0.25, 0.3) is 22.3 Å². The van der Waals surface area contributed by atoms with Crippen LogP contribution in [0.3, 0.4) is 0 Å². The molecule has 11 heteroatoms. The van der Waals surface area contributed by atoms with Crippen molar-refractivity contribution in [3.63, 3.8) is 0 Å². The highest BCUT2D eigenvalue weighted by atomic mass is 19.4. The third-order valence-corrected chi connectivity index (χ3v) is 7.28. The van der Waals surface area contributed by atoms with Crippen LogP contribution >= 0.6 is 0 Å². The number of nitrogens with zero attached hydrogens (tertiary/aromatic N) is 6. The van der Waals surface area contributed by atoms with Gasteiger partial charge in [-0.15, -0.1) is 0 Å². The number of anilines is 1. The van der Waals surface area contributed by atoms with Gasteiger partial charge in [-0.2, -0.15) is 18.2 Å². The SMILES string of the molecule is FC(F)(F)c1nc(-c2cnc(N3CCC(CNCc4cn(Cc5ccccc5)c5ccccc45)CC3)nc2)no1. The molecule has 1 aliphatic heterocycles. The zero-order chi connectivity index (χ0) is 27.5. The topological polar surface area (TPSA) is 84.9 Å². The lowest BCUT2D eigenvalue weighted by Gasteiger charge is -2.32. The number of aromatic nitrogens is 5. The highest BCUT2D eigenvalue weighted by molar-refractivity contribution is 5.84. The first-order valence-electron chi connectivity index (χ1n) is 13.2. The molecular weight excluding hydrogens is 519 g/mol.